The van der Waals surface area contributed by atoms with Crippen LogP contribution in [0.5, 0.6) is 0 Å². The van der Waals surface area contributed by atoms with Gasteiger partial charge in [0.05, 0.1) is 24.4 Å². The van der Waals surface area contributed by atoms with Gasteiger partial charge in [-0.15, -0.1) is 11.3 Å². The van der Waals surface area contributed by atoms with Gasteiger partial charge in [0.25, 0.3) is 0 Å². The number of aromatic nitrogens is 1. The lowest BCUT2D eigenvalue weighted by molar-refractivity contribution is 0.199. The summed E-state index contributed by atoms with van der Waals surface area (Å²) >= 11 is 7.76. The predicted octanol–water partition coefficient (Wildman–Crippen LogP) is 3.17. The SMILES string of the molecule is COCCNCc1ccc(Cl)cc1N(C)Cc1cscn1. The standard InChI is InChI=1S/C15H20ClN3OS/c1-19(9-14-10-21-11-18-14)15-7-13(16)4-3-12(15)8-17-5-6-20-2/h3-4,7,10-11,17H,5-6,8-9H2,1-2H3. The van der Waals surface area contributed by atoms with Gasteiger partial charge in [0, 0.05) is 43.3 Å². The van der Waals surface area contributed by atoms with Gasteiger partial charge in [-0.05, 0) is 17.7 Å². The molecule has 1 heterocycles. The van der Waals surface area contributed by atoms with E-state index in [0.717, 1.165) is 36.0 Å². The molecule has 6 heteroatoms. The molecule has 0 spiro atoms. The Balaban J connectivity index is 2.06. The second-order valence-electron chi connectivity index (χ2n) is 4.78. The van der Waals surface area contributed by atoms with Crippen molar-refractivity contribution >= 4 is 28.6 Å². The number of anilines is 1. The molecule has 0 radical (unpaired) electrons. The van der Waals surface area contributed by atoms with Crippen molar-refractivity contribution in [2.24, 2.45) is 0 Å². The van der Waals surface area contributed by atoms with Gasteiger partial charge in [-0.25, -0.2) is 4.98 Å². The number of nitrogens with one attached hydrogen (secondary N) is 1. The molecule has 0 fully saturated rings. The first kappa shape index (κ1) is 16.2. The average Bonchev–Trinajstić information content (AvgIpc) is 2.97. The summed E-state index contributed by atoms with van der Waals surface area (Å²) in [5.41, 5.74) is 5.27. The zero-order chi connectivity index (χ0) is 15.1. The van der Waals surface area contributed by atoms with E-state index in [1.54, 1.807) is 18.4 Å². The zero-order valence-electron chi connectivity index (χ0n) is 12.3. The van der Waals surface area contributed by atoms with E-state index in [1.807, 2.05) is 17.6 Å². The summed E-state index contributed by atoms with van der Waals surface area (Å²) in [7, 11) is 3.76. The summed E-state index contributed by atoms with van der Waals surface area (Å²) in [4.78, 5) is 6.51. The van der Waals surface area contributed by atoms with Crippen molar-refractivity contribution < 1.29 is 4.74 Å². The first-order valence-corrected chi connectivity index (χ1v) is 8.09. The molecule has 0 aliphatic carbocycles. The number of hydrogen-bond acceptors (Lipinski definition) is 5. The third kappa shape index (κ3) is 4.97. The number of methoxy groups -OCH3 is 1. The monoisotopic (exact) mass is 325 g/mol. The number of ether oxygens (including phenoxy) is 1. The molecule has 2 rings (SSSR count). The van der Waals surface area contributed by atoms with Crippen LogP contribution in [0.15, 0.2) is 29.1 Å². The van der Waals surface area contributed by atoms with Crippen LogP contribution in [0.2, 0.25) is 5.02 Å². The molecule has 0 aliphatic rings. The molecule has 0 bridgehead atoms. The van der Waals surface area contributed by atoms with E-state index in [4.69, 9.17) is 16.3 Å². The second-order valence-corrected chi connectivity index (χ2v) is 5.93. The minimum absolute atomic E-state index is 0.706. The van der Waals surface area contributed by atoms with Crippen LogP contribution in [-0.2, 0) is 17.8 Å². The number of nitrogens with zero attached hydrogens (tertiary/aromatic N) is 2. The van der Waals surface area contributed by atoms with Gasteiger partial charge in [-0.3, -0.25) is 0 Å². The van der Waals surface area contributed by atoms with E-state index in [1.165, 1.54) is 5.56 Å². The molecule has 1 aromatic heterocycles. The molecule has 0 saturated heterocycles. The first-order chi connectivity index (χ1) is 10.2. The third-order valence-corrected chi connectivity index (χ3v) is 4.01. The third-order valence-electron chi connectivity index (χ3n) is 3.14. The fourth-order valence-corrected chi connectivity index (χ4v) is 2.80. The molecule has 1 N–H and O–H groups in total. The van der Waals surface area contributed by atoms with Crippen LogP contribution in [0.1, 0.15) is 11.3 Å². The molecule has 0 amide bonds. The Morgan fingerprint density at radius 3 is 3.00 bits per heavy atom. The van der Waals surface area contributed by atoms with Crippen molar-refractivity contribution in [3.63, 3.8) is 0 Å². The molecule has 1 aromatic carbocycles. The van der Waals surface area contributed by atoms with E-state index in [9.17, 15) is 0 Å². The second kappa shape index (κ2) is 8.34. The van der Waals surface area contributed by atoms with Gasteiger partial charge in [-0.2, -0.15) is 0 Å². The Morgan fingerprint density at radius 1 is 1.43 bits per heavy atom. The molecule has 0 aliphatic heterocycles. The maximum absolute atomic E-state index is 6.15. The minimum Gasteiger partial charge on any atom is -0.383 e. The topological polar surface area (TPSA) is 37.4 Å². The lowest BCUT2D eigenvalue weighted by Crippen LogP contribution is -2.22. The maximum Gasteiger partial charge on any atom is 0.0795 e. The number of thiazole rings is 1. The van der Waals surface area contributed by atoms with Gasteiger partial charge in [0.1, 0.15) is 0 Å². The Bertz CT molecular complexity index is 548. The molecule has 114 valence electrons. The van der Waals surface area contributed by atoms with Gasteiger partial charge >= 0.3 is 0 Å². The minimum atomic E-state index is 0.706. The van der Waals surface area contributed by atoms with E-state index in [-0.39, 0.29) is 0 Å². The lowest BCUT2D eigenvalue weighted by Gasteiger charge is -2.22. The van der Waals surface area contributed by atoms with Gasteiger partial charge < -0.3 is 15.0 Å². The largest absolute Gasteiger partial charge is 0.383 e. The molecule has 0 unspecified atom stereocenters. The Kier molecular flexibility index (Phi) is 6.45. The Labute approximate surface area is 134 Å². The number of rotatable bonds is 8. The summed E-state index contributed by atoms with van der Waals surface area (Å²) in [6.07, 6.45) is 0. The van der Waals surface area contributed by atoms with Crippen LogP contribution >= 0.6 is 22.9 Å². The quantitative estimate of drug-likeness (QED) is 0.756. The molecule has 0 atom stereocenters. The normalized spacial score (nSPS) is 10.8. The summed E-state index contributed by atoms with van der Waals surface area (Å²) in [6.45, 7) is 3.10. The van der Waals surface area contributed by atoms with Gasteiger partial charge in [0.15, 0.2) is 0 Å². The molecule has 2 aromatic rings. The Morgan fingerprint density at radius 2 is 2.29 bits per heavy atom. The van der Waals surface area contributed by atoms with Crippen molar-refractivity contribution in [1.29, 1.82) is 0 Å². The van der Waals surface area contributed by atoms with Crippen LogP contribution in [0.3, 0.4) is 0 Å². The van der Waals surface area contributed by atoms with Gasteiger partial charge in [-0.1, -0.05) is 17.7 Å². The van der Waals surface area contributed by atoms with Crippen LogP contribution in [0.4, 0.5) is 5.69 Å². The molecule has 4 nitrogen and oxygen atoms in total. The molecular weight excluding hydrogens is 306 g/mol. The fourth-order valence-electron chi connectivity index (χ4n) is 2.08. The maximum atomic E-state index is 6.15. The first-order valence-electron chi connectivity index (χ1n) is 6.77. The lowest BCUT2D eigenvalue weighted by atomic mass is 10.1. The average molecular weight is 326 g/mol. The van der Waals surface area contributed by atoms with Crippen molar-refractivity contribution in [2.45, 2.75) is 13.1 Å². The summed E-state index contributed by atoms with van der Waals surface area (Å²) in [5, 5.41) is 6.18. The van der Waals surface area contributed by atoms with E-state index >= 15 is 0 Å². The van der Waals surface area contributed by atoms with Gasteiger partial charge in [0.2, 0.25) is 0 Å². The number of benzene rings is 1. The number of halogens is 1. The fraction of sp³-hybridized carbons (Fsp3) is 0.400. The molecule has 0 saturated carbocycles. The zero-order valence-corrected chi connectivity index (χ0v) is 13.9. The van der Waals surface area contributed by atoms with Crippen LogP contribution in [-0.4, -0.2) is 32.3 Å². The summed E-state index contributed by atoms with van der Waals surface area (Å²) in [5.74, 6) is 0. The highest BCUT2D eigenvalue weighted by atomic mass is 35.5. The summed E-state index contributed by atoms with van der Waals surface area (Å²) < 4.78 is 5.05. The smallest absolute Gasteiger partial charge is 0.0795 e. The van der Waals surface area contributed by atoms with Crippen LogP contribution < -0.4 is 10.2 Å². The Hall–Kier alpha value is -1.14. The van der Waals surface area contributed by atoms with E-state index in [2.05, 4.69) is 33.7 Å². The summed E-state index contributed by atoms with van der Waals surface area (Å²) in [6, 6.07) is 5.99. The number of hydrogen-bond donors (Lipinski definition) is 1. The van der Waals surface area contributed by atoms with Crippen molar-refractivity contribution in [1.82, 2.24) is 10.3 Å². The highest BCUT2D eigenvalue weighted by Gasteiger charge is 2.10. The predicted molar refractivity (Wildman–Crippen MR) is 89.3 cm³/mol. The van der Waals surface area contributed by atoms with Crippen LogP contribution in [0, 0.1) is 0 Å². The van der Waals surface area contributed by atoms with E-state index < -0.39 is 0 Å². The van der Waals surface area contributed by atoms with Crippen molar-refractivity contribution in [2.75, 3.05) is 32.2 Å². The molecule has 21 heavy (non-hydrogen) atoms. The van der Waals surface area contributed by atoms with Crippen molar-refractivity contribution in [3.8, 4) is 0 Å². The van der Waals surface area contributed by atoms with E-state index in [0.29, 0.717) is 6.61 Å². The van der Waals surface area contributed by atoms with Crippen LogP contribution in [0.25, 0.3) is 0 Å². The van der Waals surface area contributed by atoms with Crippen molar-refractivity contribution in [3.05, 3.63) is 45.4 Å². The highest BCUT2D eigenvalue weighted by molar-refractivity contribution is 7.07. The molecular formula is C15H20ClN3OS. The highest BCUT2D eigenvalue weighted by Crippen LogP contribution is 2.25.